The fourth-order valence-electron chi connectivity index (χ4n) is 1.67. The van der Waals surface area contributed by atoms with Crippen LogP contribution < -0.4 is 0 Å². The van der Waals surface area contributed by atoms with Gasteiger partial charge in [0.25, 0.3) is 0 Å². The number of nitrogens with zero attached hydrogens (tertiary/aromatic N) is 1. The maximum atomic E-state index is 5.72. The van der Waals surface area contributed by atoms with Crippen molar-refractivity contribution in [3.63, 3.8) is 0 Å². The largest absolute Gasteiger partial charge is 0.498 e. The van der Waals surface area contributed by atoms with Crippen LogP contribution in [-0.4, -0.2) is 38.9 Å². The van der Waals surface area contributed by atoms with Crippen LogP contribution in [0.5, 0.6) is 0 Å². The Morgan fingerprint density at radius 1 is 1.53 bits per heavy atom. The molecule has 2 unspecified atom stereocenters. The molecule has 0 N–H and O–H groups in total. The molecule has 1 rings (SSSR count). The highest BCUT2D eigenvalue weighted by Crippen LogP contribution is 2.15. The summed E-state index contributed by atoms with van der Waals surface area (Å²) in [6.07, 6.45) is 6.77. The minimum absolute atomic E-state index is 0.0423. The van der Waals surface area contributed by atoms with Gasteiger partial charge < -0.3 is 14.2 Å². The second-order valence-electron chi connectivity index (χ2n) is 4.33. The number of rotatable bonds is 6. The molecular weight excluding hydrogens is 218 g/mol. The van der Waals surface area contributed by atoms with Crippen molar-refractivity contribution >= 4 is 6.21 Å². The van der Waals surface area contributed by atoms with E-state index in [9.17, 15) is 0 Å². The molecule has 17 heavy (non-hydrogen) atoms. The first-order chi connectivity index (χ1) is 8.22. The lowest BCUT2D eigenvalue weighted by molar-refractivity contribution is -0.190. The molecule has 1 saturated heterocycles. The van der Waals surface area contributed by atoms with Crippen LogP contribution in [0, 0.1) is 0 Å². The Labute approximate surface area is 104 Å². The van der Waals surface area contributed by atoms with Crippen molar-refractivity contribution in [1.29, 1.82) is 0 Å². The van der Waals surface area contributed by atoms with E-state index in [0.29, 0.717) is 6.61 Å². The van der Waals surface area contributed by atoms with E-state index < -0.39 is 0 Å². The molecule has 0 aromatic heterocycles. The van der Waals surface area contributed by atoms with Crippen LogP contribution in [0.3, 0.4) is 0 Å². The summed E-state index contributed by atoms with van der Waals surface area (Å²) in [5.41, 5.74) is 0.994. The topological polar surface area (TPSA) is 40.0 Å². The molecule has 0 saturated carbocycles. The number of allylic oxidation sites excluding steroid dienone is 1. The highest BCUT2D eigenvalue weighted by Gasteiger charge is 2.17. The van der Waals surface area contributed by atoms with Gasteiger partial charge in [-0.1, -0.05) is 0 Å². The van der Waals surface area contributed by atoms with Gasteiger partial charge in [-0.2, -0.15) is 0 Å². The Kier molecular flexibility index (Phi) is 6.89. The molecule has 0 aromatic rings. The van der Waals surface area contributed by atoms with Crippen LogP contribution in [0.1, 0.15) is 33.1 Å². The lowest BCUT2D eigenvalue weighted by Gasteiger charge is -2.25. The van der Waals surface area contributed by atoms with E-state index in [0.717, 1.165) is 25.0 Å². The minimum Gasteiger partial charge on any atom is -0.498 e. The zero-order valence-corrected chi connectivity index (χ0v) is 11.0. The molecule has 1 aliphatic heterocycles. The van der Waals surface area contributed by atoms with Crippen LogP contribution in [0.25, 0.3) is 0 Å². The van der Waals surface area contributed by atoms with Crippen molar-refractivity contribution in [1.82, 2.24) is 0 Å². The molecule has 0 radical (unpaired) electrons. The van der Waals surface area contributed by atoms with E-state index in [4.69, 9.17) is 14.2 Å². The maximum absolute atomic E-state index is 5.72. The standard InChI is InChI=1S/C13H23NO3/c1-11(8-14-3)9-15-10-12(2)17-13-6-4-5-7-16-13/h8-9,12-13H,4-7,10H2,1-3H3/b11-9+,14-8?. The van der Waals surface area contributed by atoms with Gasteiger partial charge in [0.1, 0.15) is 6.61 Å². The highest BCUT2D eigenvalue weighted by molar-refractivity contribution is 5.76. The molecule has 1 fully saturated rings. The lowest BCUT2D eigenvalue weighted by atomic mass is 10.2. The van der Waals surface area contributed by atoms with Crippen LogP contribution >= 0.6 is 0 Å². The Balaban J connectivity index is 2.15. The van der Waals surface area contributed by atoms with Crippen molar-refractivity contribution in [2.45, 2.75) is 45.5 Å². The quantitative estimate of drug-likeness (QED) is 0.530. The van der Waals surface area contributed by atoms with Crippen molar-refractivity contribution in [2.75, 3.05) is 20.3 Å². The molecule has 98 valence electrons. The zero-order chi connectivity index (χ0) is 12.5. The summed E-state index contributed by atoms with van der Waals surface area (Å²) >= 11 is 0. The van der Waals surface area contributed by atoms with Crippen molar-refractivity contribution in [2.24, 2.45) is 4.99 Å². The van der Waals surface area contributed by atoms with Crippen LogP contribution in [0.15, 0.2) is 16.8 Å². The molecule has 0 aromatic carbocycles. The molecule has 0 spiro atoms. The Morgan fingerprint density at radius 3 is 3.00 bits per heavy atom. The third kappa shape index (κ3) is 6.44. The summed E-state index contributed by atoms with van der Waals surface area (Å²) in [5.74, 6) is 0. The fourth-order valence-corrected chi connectivity index (χ4v) is 1.67. The molecule has 0 bridgehead atoms. The van der Waals surface area contributed by atoms with Gasteiger partial charge >= 0.3 is 0 Å². The predicted molar refractivity (Wildman–Crippen MR) is 68.3 cm³/mol. The van der Waals surface area contributed by atoms with E-state index in [1.54, 1.807) is 19.5 Å². The van der Waals surface area contributed by atoms with E-state index in [-0.39, 0.29) is 12.4 Å². The van der Waals surface area contributed by atoms with E-state index in [1.807, 2.05) is 13.8 Å². The van der Waals surface area contributed by atoms with Gasteiger partial charge in [0.2, 0.25) is 0 Å². The van der Waals surface area contributed by atoms with E-state index >= 15 is 0 Å². The summed E-state index contributed by atoms with van der Waals surface area (Å²) < 4.78 is 16.6. The van der Waals surface area contributed by atoms with Gasteiger partial charge in [-0.3, -0.25) is 4.99 Å². The van der Waals surface area contributed by atoms with Gasteiger partial charge in [0.15, 0.2) is 6.29 Å². The molecule has 4 nitrogen and oxygen atoms in total. The zero-order valence-electron chi connectivity index (χ0n) is 11.0. The summed E-state index contributed by atoms with van der Waals surface area (Å²) in [6, 6.07) is 0. The average molecular weight is 241 g/mol. The Morgan fingerprint density at radius 2 is 2.35 bits per heavy atom. The number of hydrogen-bond donors (Lipinski definition) is 0. The van der Waals surface area contributed by atoms with Crippen molar-refractivity contribution in [3.8, 4) is 0 Å². The summed E-state index contributed by atoms with van der Waals surface area (Å²) in [7, 11) is 1.74. The number of ether oxygens (including phenoxy) is 3. The van der Waals surface area contributed by atoms with E-state index in [2.05, 4.69) is 4.99 Å². The summed E-state index contributed by atoms with van der Waals surface area (Å²) in [6.45, 7) is 5.29. The SMILES string of the molecule is CN=C/C(C)=C/OCC(C)OC1CCCCO1. The van der Waals surface area contributed by atoms with Gasteiger partial charge in [-0.05, 0) is 33.1 Å². The third-order valence-electron chi connectivity index (χ3n) is 2.45. The summed E-state index contributed by atoms with van der Waals surface area (Å²) in [5, 5.41) is 0. The second-order valence-corrected chi connectivity index (χ2v) is 4.33. The average Bonchev–Trinajstić information content (AvgIpc) is 2.30. The minimum atomic E-state index is -0.0513. The number of aliphatic imine (C=N–C) groups is 1. The first kappa shape index (κ1) is 14.2. The van der Waals surface area contributed by atoms with E-state index in [1.165, 1.54) is 6.42 Å². The van der Waals surface area contributed by atoms with Crippen LogP contribution in [0.4, 0.5) is 0 Å². The van der Waals surface area contributed by atoms with Crippen LogP contribution in [0.2, 0.25) is 0 Å². The van der Waals surface area contributed by atoms with Gasteiger partial charge in [-0.15, -0.1) is 0 Å². The smallest absolute Gasteiger partial charge is 0.158 e. The first-order valence-corrected chi connectivity index (χ1v) is 6.20. The van der Waals surface area contributed by atoms with Gasteiger partial charge in [0.05, 0.1) is 12.4 Å². The third-order valence-corrected chi connectivity index (χ3v) is 2.45. The van der Waals surface area contributed by atoms with Gasteiger partial charge in [-0.25, -0.2) is 0 Å². The molecule has 0 aliphatic carbocycles. The molecule has 2 atom stereocenters. The summed E-state index contributed by atoms with van der Waals surface area (Å²) in [4.78, 5) is 3.90. The highest BCUT2D eigenvalue weighted by atomic mass is 16.7. The molecule has 1 aliphatic rings. The molecular formula is C13H23NO3. The Bertz CT molecular complexity index is 257. The van der Waals surface area contributed by atoms with Crippen molar-refractivity contribution < 1.29 is 14.2 Å². The fraction of sp³-hybridized carbons (Fsp3) is 0.769. The molecule has 4 heteroatoms. The van der Waals surface area contributed by atoms with Crippen molar-refractivity contribution in [3.05, 3.63) is 11.8 Å². The molecule has 0 amide bonds. The number of hydrogen-bond acceptors (Lipinski definition) is 4. The first-order valence-electron chi connectivity index (χ1n) is 6.20. The predicted octanol–water partition coefficient (Wildman–Crippen LogP) is 2.54. The normalized spacial score (nSPS) is 23.9. The Hall–Kier alpha value is -0.870. The maximum Gasteiger partial charge on any atom is 0.158 e. The van der Waals surface area contributed by atoms with Crippen LogP contribution in [-0.2, 0) is 14.2 Å². The van der Waals surface area contributed by atoms with Gasteiger partial charge in [0, 0.05) is 25.4 Å². The molecule has 1 heterocycles. The lowest BCUT2D eigenvalue weighted by Crippen LogP contribution is -2.28. The second kappa shape index (κ2) is 8.25. The monoisotopic (exact) mass is 241 g/mol.